The van der Waals surface area contributed by atoms with E-state index < -0.39 is 0 Å². The number of methoxy groups -OCH3 is 1. The molecular formula is C12H12ClNO2. The second-order valence-electron chi connectivity index (χ2n) is 3.54. The predicted molar refractivity (Wildman–Crippen MR) is 64.0 cm³/mol. The molecule has 0 aliphatic rings. The number of aliphatic hydroxyl groups excluding tert-OH is 1. The van der Waals surface area contributed by atoms with Crippen LogP contribution < -0.4 is 4.74 Å². The van der Waals surface area contributed by atoms with E-state index in [1.807, 2.05) is 13.0 Å². The molecule has 4 heteroatoms. The van der Waals surface area contributed by atoms with Crippen molar-refractivity contribution in [3.8, 4) is 5.75 Å². The third kappa shape index (κ3) is 1.72. The average molecular weight is 238 g/mol. The maximum atomic E-state index is 9.06. The van der Waals surface area contributed by atoms with Crippen molar-refractivity contribution >= 4 is 22.5 Å². The Kier molecular flexibility index (Phi) is 2.99. The predicted octanol–water partition coefficient (Wildman–Crippen LogP) is 2.70. The smallest absolute Gasteiger partial charge is 0.146 e. The molecule has 3 nitrogen and oxygen atoms in total. The lowest BCUT2D eigenvalue weighted by atomic mass is 10.1. The van der Waals surface area contributed by atoms with Gasteiger partial charge in [0.25, 0.3) is 0 Å². The zero-order valence-corrected chi connectivity index (χ0v) is 9.88. The van der Waals surface area contributed by atoms with Crippen LogP contribution >= 0.6 is 11.6 Å². The average Bonchev–Trinajstić information content (AvgIpc) is 2.33. The number of aromatic nitrogens is 1. The van der Waals surface area contributed by atoms with Crippen molar-refractivity contribution in [1.29, 1.82) is 0 Å². The minimum Gasteiger partial charge on any atom is -0.494 e. The normalized spacial score (nSPS) is 10.8. The second kappa shape index (κ2) is 4.28. The second-order valence-corrected chi connectivity index (χ2v) is 3.95. The topological polar surface area (TPSA) is 42.4 Å². The van der Waals surface area contributed by atoms with Gasteiger partial charge in [0.2, 0.25) is 0 Å². The summed E-state index contributed by atoms with van der Waals surface area (Å²) in [5.74, 6) is 0.626. The van der Waals surface area contributed by atoms with Crippen LogP contribution in [0, 0.1) is 6.92 Å². The summed E-state index contributed by atoms with van der Waals surface area (Å²) < 4.78 is 5.23. The van der Waals surface area contributed by atoms with E-state index in [1.165, 1.54) is 0 Å². The molecule has 2 rings (SSSR count). The molecule has 0 bridgehead atoms. The van der Waals surface area contributed by atoms with Gasteiger partial charge >= 0.3 is 0 Å². The summed E-state index contributed by atoms with van der Waals surface area (Å²) in [6.07, 6.45) is 0. The van der Waals surface area contributed by atoms with Gasteiger partial charge in [0, 0.05) is 16.5 Å². The third-order valence-corrected chi connectivity index (χ3v) is 2.98. The van der Waals surface area contributed by atoms with E-state index in [-0.39, 0.29) is 6.61 Å². The number of ether oxygens (including phenoxy) is 1. The standard InChI is InChI=1S/C12H12ClNO2/c1-7-9-4-3-8(6-15)14-12(9)11(16-2)5-10(7)13/h3-5,15H,6H2,1-2H3. The van der Waals surface area contributed by atoms with E-state index in [9.17, 15) is 0 Å². The highest BCUT2D eigenvalue weighted by molar-refractivity contribution is 6.32. The highest BCUT2D eigenvalue weighted by Gasteiger charge is 2.10. The van der Waals surface area contributed by atoms with Gasteiger partial charge in [0.05, 0.1) is 19.4 Å². The van der Waals surface area contributed by atoms with E-state index in [0.717, 1.165) is 16.5 Å². The minimum atomic E-state index is -0.0826. The highest BCUT2D eigenvalue weighted by Crippen LogP contribution is 2.32. The van der Waals surface area contributed by atoms with E-state index in [0.29, 0.717) is 16.5 Å². The van der Waals surface area contributed by atoms with Crippen molar-refractivity contribution in [3.05, 3.63) is 34.5 Å². The van der Waals surface area contributed by atoms with Gasteiger partial charge in [-0.05, 0) is 18.6 Å². The first-order valence-electron chi connectivity index (χ1n) is 4.91. The van der Waals surface area contributed by atoms with Crippen LogP contribution in [0.1, 0.15) is 11.3 Å². The van der Waals surface area contributed by atoms with E-state index >= 15 is 0 Å². The first-order chi connectivity index (χ1) is 7.67. The van der Waals surface area contributed by atoms with E-state index in [1.54, 1.807) is 19.2 Å². The molecule has 1 heterocycles. The molecule has 0 saturated carbocycles. The summed E-state index contributed by atoms with van der Waals surface area (Å²) >= 11 is 6.09. The van der Waals surface area contributed by atoms with Gasteiger partial charge in [-0.15, -0.1) is 0 Å². The van der Waals surface area contributed by atoms with Crippen LogP contribution in [0.4, 0.5) is 0 Å². The number of aryl methyl sites for hydroxylation is 1. The number of halogens is 1. The van der Waals surface area contributed by atoms with Gasteiger partial charge in [0.15, 0.2) is 0 Å². The number of hydrogen-bond acceptors (Lipinski definition) is 3. The fourth-order valence-corrected chi connectivity index (χ4v) is 1.85. The molecule has 1 aromatic carbocycles. The molecule has 2 aromatic rings. The number of benzene rings is 1. The maximum absolute atomic E-state index is 9.06. The number of hydrogen-bond donors (Lipinski definition) is 1. The van der Waals surface area contributed by atoms with E-state index in [2.05, 4.69) is 4.98 Å². The lowest BCUT2D eigenvalue weighted by Gasteiger charge is -2.10. The first-order valence-corrected chi connectivity index (χ1v) is 5.28. The Balaban J connectivity index is 2.82. The zero-order chi connectivity index (χ0) is 11.7. The Morgan fingerprint density at radius 3 is 2.81 bits per heavy atom. The first kappa shape index (κ1) is 11.2. The maximum Gasteiger partial charge on any atom is 0.146 e. The zero-order valence-electron chi connectivity index (χ0n) is 9.12. The lowest BCUT2D eigenvalue weighted by Crippen LogP contribution is -1.94. The molecule has 0 fully saturated rings. The minimum absolute atomic E-state index is 0.0826. The van der Waals surface area contributed by atoms with Crippen LogP contribution in [0.5, 0.6) is 5.75 Å². The molecule has 0 radical (unpaired) electrons. The van der Waals surface area contributed by atoms with Gasteiger partial charge in [-0.1, -0.05) is 17.7 Å². The van der Waals surface area contributed by atoms with Crippen molar-refractivity contribution in [2.45, 2.75) is 13.5 Å². The third-order valence-electron chi connectivity index (χ3n) is 2.59. The Morgan fingerprint density at radius 1 is 1.44 bits per heavy atom. The molecular weight excluding hydrogens is 226 g/mol. The van der Waals surface area contributed by atoms with Crippen LogP contribution in [0.3, 0.4) is 0 Å². The molecule has 0 aliphatic carbocycles. The van der Waals surface area contributed by atoms with Crippen LogP contribution in [-0.4, -0.2) is 17.2 Å². The molecule has 1 aromatic heterocycles. The SMILES string of the molecule is COc1cc(Cl)c(C)c2ccc(CO)nc12. The molecule has 0 atom stereocenters. The van der Waals surface area contributed by atoms with Crippen molar-refractivity contribution in [3.63, 3.8) is 0 Å². The monoisotopic (exact) mass is 237 g/mol. The van der Waals surface area contributed by atoms with Crippen molar-refractivity contribution in [2.24, 2.45) is 0 Å². The van der Waals surface area contributed by atoms with Gasteiger partial charge < -0.3 is 9.84 Å². The lowest BCUT2D eigenvalue weighted by molar-refractivity contribution is 0.277. The molecule has 0 unspecified atom stereocenters. The summed E-state index contributed by atoms with van der Waals surface area (Å²) in [7, 11) is 1.58. The quantitative estimate of drug-likeness (QED) is 0.873. The number of pyridine rings is 1. The molecule has 0 amide bonds. The Labute approximate surface area is 98.6 Å². The van der Waals surface area contributed by atoms with E-state index in [4.69, 9.17) is 21.4 Å². The van der Waals surface area contributed by atoms with Crippen molar-refractivity contribution < 1.29 is 9.84 Å². The number of nitrogens with zero attached hydrogens (tertiary/aromatic N) is 1. The summed E-state index contributed by atoms with van der Waals surface area (Å²) in [5.41, 5.74) is 2.32. The van der Waals surface area contributed by atoms with Gasteiger partial charge in [-0.2, -0.15) is 0 Å². The van der Waals surface area contributed by atoms with Gasteiger partial charge in [-0.25, -0.2) is 4.98 Å². The number of aliphatic hydroxyl groups is 1. The summed E-state index contributed by atoms with van der Waals surface area (Å²) in [6.45, 7) is 1.85. The van der Waals surface area contributed by atoms with Gasteiger partial charge in [0.1, 0.15) is 11.3 Å². The summed E-state index contributed by atoms with van der Waals surface area (Å²) in [5, 5.41) is 10.7. The molecule has 0 spiro atoms. The largest absolute Gasteiger partial charge is 0.494 e. The fourth-order valence-electron chi connectivity index (χ4n) is 1.65. The van der Waals surface area contributed by atoms with Gasteiger partial charge in [-0.3, -0.25) is 0 Å². The molecule has 84 valence electrons. The van der Waals surface area contributed by atoms with Crippen LogP contribution in [0.15, 0.2) is 18.2 Å². The Morgan fingerprint density at radius 2 is 2.19 bits per heavy atom. The van der Waals surface area contributed by atoms with Crippen LogP contribution in [-0.2, 0) is 6.61 Å². The summed E-state index contributed by atoms with van der Waals surface area (Å²) in [4.78, 5) is 4.33. The number of fused-ring (bicyclic) bond motifs is 1. The molecule has 0 aliphatic heterocycles. The highest BCUT2D eigenvalue weighted by atomic mass is 35.5. The Hall–Kier alpha value is -1.32. The van der Waals surface area contributed by atoms with Crippen LogP contribution in [0.2, 0.25) is 5.02 Å². The molecule has 1 N–H and O–H groups in total. The number of rotatable bonds is 2. The Bertz CT molecular complexity index is 540. The van der Waals surface area contributed by atoms with Crippen LogP contribution in [0.25, 0.3) is 10.9 Å². The van der Waals surface area contributed by atoms with Crippen molar-refractivity contribution in [2.75, 3.05) is 7.11 Å². The molecule has 0 saturated heterocycles. The van der Waals surface area contributed by atoms with Crippen molar-refractivity contribution in [1.82, 2.24) is 4.98 Å². The summed E-state index contributed by atoms with van der Waals surface area (Å²) in [6, 6.07) is 5.43. The fraction of sp³-hybridized carbons (Fsp3) is 0.250. The molecule has 16 heavy (non-hydrogen) atoms.